The van der Waals surface area contributed by atoms with Crippen LogP contribution in [-0.2, 0) is 91.1 Å². The molecule has 0 spiro atoms. The molecule has 3 aromatic rings. The van der Waals surface area contributed by atoms with Gasteiger partial charge in [0, 0.05) is 80.4 Å². The van der Waals surface area contributed by atoms with E-state index >= 15 is 4.79 Å². The molecule has 2 heterocycles. The first-order valence-electron chi connectivity index (χ1n) is 39.6. The van der Waals surface area contributed by atoms with Gasteiger partial charge in [0.15, 0.2) is 6.10 Å². The second-order valence-corrected chi connectivity index (χ2v) is 33.0. The molecule has 4 rings (SSSR count). The highest BCUT2D eigenvalue weighted by Crippen LogP contribution is 2.33. The van der Waals surface area contributed by atoms with E-state index in [2.05, 4.69) is 63.7 Å². The predicted molar refractivity (Wildman–Crippen MR) is 440 cm³/mol. The Labute approximate surface area is 707 Å². The largest absolute Gasteiger partial charge is 0.508 e. The van der Waals surface area contributed by atoms with Gasteiger partial charge in [-0.05, 0) is 119 Å². The van der Waals surface area contributed by atoms with Crippen LogP contribution in [0.15, 0.2) is 53.9 Å². The van der Waals surface area contributed by atoms with Crippen LogP contribution in [0, 0.1) is 17.8 Å². The predicted octanol–water partition coefficient (Wildman–Crippen LogP) is 4.70. The highest BCUT2D eigenvalue weighted by Gasteiger charge is 2.40. The van der Waals surface area contributed by atoms with Crippen LogP contribution < -0.4 is 58.7 Å². The maximum atomic E-state index is 15.0. The van der Waals surface area contributed by atoms with E-state index in [-0.39, 0.29) is 110 Å². The molecule has 0 aliphatic carbocycles. The van der Waals surface area contributed by atoms with Crippen LogP contribution in [0.3, 0.4) is 0 Å². The summed E-state index contributed by atoms with van der Waals surface area (Å²) >= 11 is 1.06. The number of aromatic hydroxyl groups is 1. The molecule has 1 aliphatic rings. The number of amides is 12. The second kappa shape index (κ2) is 53.8. The summed E-state index contributed by atoms with van der Waals surface area (Å²) in [7, 11) is 3.78. The van der Waals surface area contributed by atoms with Crippen molar-refractivity contribution in [3.63, 3.8) is 0 Å². The monoisotopic (exact) mass is 1740 g/mol. The number of aliphatic carboxylic acids is 5. The lowest BCUT2D eigenvalue weighted by atomic mass is 9.92. The van der Waals surface area contributed by atoms with Gasteiger partial charge in [-0.25, -0.2) is 34.4 Å². The number of rotatable bonds is 54. The van der Waals surface area contributed by atoms with E-state index in [1.807, 2.05) is 46.6 Å². The fourth-order valence-electron chi connectivity index (χ4n) is 12.4. The van der Waals surface area contributed by atoms with Crippen molar-refractivity contribution in [1.29, 1.82) is 0 Å². The van der Waals surface area contributed by atoms with Crippen LogP contribution in [-0.4, -0.2) is 247 Å². The highest BCUT2D eigenvalue weighted by atomic mass is 33.1. The summed E-state index contributed by atoms with van der Waals surface area (Å²) in [5, 5.41) is 81.9. The van der Waals surface area contributed by atoms with E-state index in [4.69, 9.17) is 19.3 Å². The van der Waals surface area contributed by atoms with E-state index in [9.17, 15) is 97.5 Å². The Bertz CT molecular complexity index is 3900. The number of phenols is 1. The van der Waals surface area contributed by atoms with Gasteiger partial charge in [-0.3, -0.25) is 63.1 Å². The quantitative estimate of drug-likeness (QED) is 0.0120. The number of nitrogens with one attached hydrogen (secondary N) is 11. The van der Waals surface area contributed by atoms with Gasteiger partial charge in [0.25, 0.3) is 5.91 Å². The Morgan fingerprint density at radius 2 is 1.30 bits per heavy atom. The Balaban J connectivity index is 1.28. The first-order chi connectivity index (χ1) is 56.9. The fourth-order valence-corrected chi connectivity index (χ4v) is 15.2. The van der Waals surface area contributed by atoms with Crippen molar-refractivity contribution in [3.8, 4) is 5.75 Å². The Morgan fingerprint density at radius 3 is 1.91 bits per heavy atom. The minimum Gasteiger partial charge on any atom is -0.508 e. The number of hydrogen-bond acceptors (Lipinski definition) is 25. The summed E-state index contributed by atoms with van der Waals surface area (Å²) < 4.78 is 17.2. The number of likely N-dealkylation sites (N-methyl/N-ethyl adjacent to an activating group) is 1. The fraction of sp³-hybridized carbons (Fsp3) is 0.603. The first kappa shape index (κ1) is 102. The van der Waals surface area contributed by atoms with Crippen LogP contribution in [0.25, 0.3) is 0 Å². The van der Waals surface area contributed by atoms with Gasteiger partial charge in [0.2, 0.25) is 35.4 Å². The normalized spacial score (nSPS) is 15.4. The molecule has 17 N–H and O–H groups in total. The van der Waals surface area contributed by atoms with Gasteiger partial charge in [-0.15, -0.1) is 11.3 Å². The molecule has 120 heavy (non-hydrogen) atoms. The van der Waals surface area contributed by atoms with Crippen LogP contribution in [0.5, 0.6) is 5.75 Å². The molecule has 1 fully saturated rings. The number of carboxylic acid groups (broad SMARTS) is 5. The molecule has 1 unspecified atom stereocenters. The molecule has 39 nitrogen and oxygen atoms in total. The maximum absolute atomic E-state index is 15.0. The number of carbonyl (C=O) groups excluding carboxylic acids is 11. The number of phenolic OH excluding ortho intramolecular Hbond substituents is 1. The average Bonchev–Trinajstić information content (AvgIpc) is 1.39. The molecule has 42 heteroatoms. The number of piperidine rings is 1. The zero-order valence-corrected chi connectivity index (χ0v) is 71.3. The smallest absolute Gasteiger partial charge is 0.426 e. The van der Waals surface area contributed by atoms with Gasteiger partial charge in [0.05, 0.1) is 25.3 Å². The minimum atomic E-state index is -1.97. The second-order valence-electron chi connectivity index (χ2n) is 29.5. The molecule has 12 atom stereocenters. The summed E-state index contributed by atoms with van der Waals surface area (Å²) in [4.78, 5) is 214. The third kappa shape index (κ3) is 38.6. The van der Waals surface area contributed by atoms with Crippen molar-refractivity contribution in [2.45, 2.75) is 232 Å². The molecule has 666 valence electrons. The van der Waals surface area contributed by atoms with Crippen molar-refractivity contribution in [1.82, 2.24) is 73.5 Å². The van der Waals surface area contributed by atoms with Crippen LogP contribution in [0.4, 0.5) is 14.4 Å². The number of urea groups is 2. The molecule has 2 aromatic carbocycles. The zero-order chi connectivity index (χ0) is 89.1. The maximum Gasteiger partial charge on any atom is 0.426 e. The molecule has 0 bridgehead atoms. The summed E-state index contributed by atoms with van der Waals surface area (Å²) in [5.41, 5.74) is 6.05. The number of hydrazine groups is 1. The number of ether oxygens (including phenoxy) is 3. The zero-order valence-electron chi connectivity index (χ0n) is 68.9. The molecule has 1 saturated heterocycles. The summed E-state index contributed by atoms with van der Waals surface area (Å²) in [5.74, 6) is -15.1. The van der Waals surface area contributed by atoms with Gasteiger partial charge in [-0.1, -0.05) is 119 Å². The number of esters is 1. The number of nitrogens with zero attached hydrogens (tertiary/aromatic N) is 3. The lowest BCUT2D eigenvalue weighted by molar-refractivity contribution is -0.153. The van der Waals surface area contributed by atoms with E-state index in [1.165, 1.54) is 36.6 Å². The highest BCUT2D eigenvalue weighted by molar-refractivity contribution is 8.76. The minimum absolute atomic E-state index is 0.0105. The van der Waals surface area contributed by atoms with Crippen LogP contribution in [0.1, 0.15) is 190 Å². The molecule has 1 aromatic heterocycles. The lowest BCUT2D eigenvalue weighted by Gasteiger charge is -2.40. The number of carbonyl (C=O) groups is 16. The molecular weight excluding hydrogens is 1630 g/mol. The van der Waals surface area contributed by atoms with E-state index in [0.717, 1.165) is 65.2 Å². The Hall–Kier alpha value is -10.6. The number of carboxylic acids is 5. The molecule has 1 aliphatic heterocycles. The third-order valence-electron chi connectivity index (χ3n) is 19.3. The number of thiazole rings is 1. The van der Waals surface area contributed by atoms with Crippen molar-refractivity contribution in [2.75, 3.05) is 51.6 Å². The van der Waals surface area contributed by atoms with Crippen molar-refractivity contribution in [3.05, 3.63) is 81.3 Å². The van der Waals surface area contributed by atoms with Gasteiger partial charge in [-0.2, -0.15) is 0 Å². The van der Waals surface area contributed by atoms with Crippen molar-refractivity contribution < 1.29 is 122 Å². The van der Waals surface area contributed by atoms with Gasteiger partial charge < -0.3 is 97.6 Å². The lowest BCUT2D eigenvalue weighted by Crippen LogP contribution is -2.59. The number of likely N-dealkylation sites (tertiary alicyclic amines) is 1. The van der Waals surface area contributed by atoms with E-state index in [0.29, 0.717) is 55.4 Å². The van der Waals surface area contributed by atoms with Crippen molar-refractivity contribution in [2.24, 2.45) is 17.8 Å². The molecular formula is C78H116N14O25S3. The number of unbranched alkanes of at least 4 members (excludes halogenated alkanes) is 2. The first-order valence-corrected chi connectivity index (χ1v) is 43.0. The molecule has 0 radical (unpaired) electrons. The van der Waals surface area contributed by atoms with E-state index in [1.54, 1.807) is 43.0 Å². The number of aromatic nitrogens is 1. The molecule has 12 amide bonds. The van der Waals surface area contributed by atoms with Gasteiger partial charge >= 0.3 is 54.0 Å². The Morgan fingerprint density at radius 1 is 0.658 bits per heavy atom. The van der Waals surface area contributed by atoms with Crippen LogP contribution in [0.2, 0.25) is 0 Å². The Kier molecular flexibility index (Phi) is 45.7. The molecule has 0 saturated carbocycles. The third-order valence-corrected chi connectivity index (χ3v) is 22.6. The SMILES string of the molecule is CCCCOCN(C(=O)[C@@H](NC(=O)[C@H]1CCCCN1C)C(C)CC)[C@H](C[C@@H](OC(C)=O)c1nc(C(=O)N[C@@H](Cc2ccc(O)cc2)C[C@H](C)C(=O)NNC(=O)OCCSSC[C@H](NC(=O)[C@H](CC(=O)O)NC(=O)[C@H](CC(=O)O)NC(=O)Cc2ccc(CNC(=O)NCCCC[C@@H](C)NC(=O)N[C@@H](CCC(=O)O)C(=O)O)cc2)C(=O)O)cs1)C(C)C. The topological polar surface area (TPSA) is 574 Å². The van der Waals surface area contributed by atoms with Gasteiger partial charge in [0.1, 0.15) is 60.0 Å². The van der Waals surface area contributed by atoms with Crippen molar-refractivity contribution >= 4 is 128 Å². The number of benzene rings is 2. The summed E-state index contributed by atoms with van der Waals surface area (Å²) in [6, 6.07) is 1.15. The van der Waals surface area contributed by atoms with Crippen LogP contribution >= 0.6 is 32.9 Å². The standard InChI is InChI=1S/C78H116N14O25S3/c1-10-12-31-115-43-92(73(107)66(45(5)11-2)88-71(106)59-18-14-16-30-91(59)9)60(44(3)4)39-61(117-48(8)93)72-86-57(41-118-72)70(105)82-52(35-49-23-25-53(94)26-24-49)34-46(6)67(102)89-90-78(114)116-32-33-119-120-42-58(75(110)111)85-69(104)56(38-65(100)101)84-68(103)55(37-64(98)99)83-62(95)36-50-19-21-51(22-20-50)40-80-76(112)79-29-15-13-17-47(7)81-77(113)87-54(74(108)109)27-28-63(96)97/h19-26,41,44-47,52,54-56,58-61,66,94H,10-18,27-40,42-43H2,1-9H3,(H,82,105)(H,83,95)(H,84,103)(H,85,104)(H,88,106)(H,89,102)(H,90,114)(H,96,97)(H,98,99)(H,100,101)(H,108,109)(H,110,111)(H2,79,80,112)(H2,81,87,113)/t45?,46-,47+,52+,54-,55-,56-,58-,59+,60+,61+,66-/m0/s1. The van der Waals surface area contributed by atoms with E-state index < -0.39 is 170 Å². The average molecular weight is 1750 g/mol. The summed E-state index contributed by atoms with van der Waals surface area (Å²) in [6.45, 7) is 15.2. The number of hydrogen-bond donors (Lipinski definition) is 17. The summed E-state index contributed by atoms with van der Waals surface area (Å²) in [6.07, 6.45) is 0.999.